The standard InChI is InChI=1S/C13H17ClN2O3/c14-11-6-9(15)5-10(13(16)17)12(11)19-7-8-1-3-18-4-2-8/h5-6,8H,1-4,7,15H2,(H2,16,17). The third-order valence-corrected chi connectivity index (χ3v) is 3.42. The van der Waals surface area contributed by atoms with E-state index in [0.29, 0.717) is 29.0 Å². The molecule has 0 saturated carbocycles. The van der Waals surface area contributed by atoms with E-state index < -0.39 is 5.91 Å². The molecule has 1 amide bonds. The van der Waals surface area contributed by atoms with Gasteiger partial charge in [-0.15, -0.1) is 0 Å². The van der Waals surface area contributed by atoms with Crippen molar-refractivity contribution in [2.45, 2.75) is 12.8 Å². The van der Waals surface area contributed by atoms with Crippen molar-refractivity contribution >= 4 is 23.2 Å². The average molecular weight is 285 g/mol. The summed E-state index contributed by atoms with van der Waals surface area (Å²) in [4.78, 5) is 11.4. The summed E-state index contributed by atoms with van der Waals surface area (Å²) in [6.45, 7) is 1.98. The number of carbonyl (C=O) groups is 1. The number of amides is 1. The molecule has 0 bridgehead atoms. The molecule has 6 heteroatoms. The number of carbonyl (C=O) groups excluding carboxylic acids is 1. The molecule has 4 N–H and O–H groups in total. The Morgan fingerprint density at radius 1 is 1.42 bits per heavy atom. The zero-order valence-electron chi connectivity index (χ0n) is 10.5. The first-order chi connectivity index (χ1) is 9.08. The molecule has 0 atom stereocenters. The lowest BCUT2D eigenvalue weighted by Crippen LogP contribution is -2.22. The lowest BCUT2D eigenvalue weighted by Gasteiger charge is -2.23. The van der Waals surface area contributed by atoms with Gasteiger partial charge in [-0.1, -0.05) is 11.6 Å². The molecule has 0 unspecified atom stereocenters. The highest BCUT2D eigenvalue weighted by Crippen LogP contribution is 2.32. The average Bonchev–Trinajstić information content (AvgIpc) is 2.38. The van der Waals surface area contributed by atoms with Gasteiger partial charge >= 0.3 is 0 Å². The summed E-state index contributed by atoms with van der Waals surface area (Å²) in [6.07, 6.45) is 1.89. The van der Waals surface area contributed by atoms with E-state index in [0.717, 1.165) is 26.1 Å². The van der Waals surface area contributed by atoms with Crippen LogP contribution in [-0.4, -0.2) is 25.7 Å². The summed E-state index contributed by atoms with van der Waals surface area (Å²) in [7, 11) is 0. The number of hydrogen-bond donors (Lipinski definition) is 2. The molecule has 0 spiro atoms. The fourth-order valence-corrected chi connectivity index (χ4v) is 2.34. The van der Waals surface area contributed by atoms with Crippen molar-refractivity contribution in [3.8, 4) is 5.75 Å². The van der Waals surface area contributed by atoms with Gasteiger partial charge in [-0.25, -0.2) is 0 Å². The number of hydrogen-bond acceptors (Lipinski definition) is 4. The molecule has 1 heterocycles. The zero-order valence-corrected chi connectivity index (χ0v) is 11.3. The molecule has 0 radical (unpaired) electrons. The van der Waals surface area contributed by atoms with Crippen LogP contribution in [-0.2, 0) is 4.74 Å². The Labute approximate surface area is 116 Å². The maximum absolute atomic E-state index is 11.4. The Kier molecular flexibility index (Phi) is 4.50. The van der Waals surface area contributed by atoms with Crippen LogP contribution in [0.4, 0.5) is 5.69 Å². The quantitative estimate of drug-likeness (QED) is 0.826. The van der Waals surface area contributed by atoms with Crippen molar-refractivity contribution in [1.29, 1.82) is 0 Å². The number of benzene rings is 1. The molecular weight excluding hydrogens is 268 g/mol. The Morgan fingerprint density at radius 3 is 2.74 bits per heavy atom. The van der Waals surface area contributed by atoms with Gasteiger partial charge in [0.25, 0.3) is 5.91 Å². The van der Waals surface area contributed by atoms with Crippen molar-refractivity contribution in [3.63, 3.8) is 0 Å². The number of nitrogen functional groups attached to an aromatic ring is 1. The first kappa shape index (κ1) is 14.0. The first-order valence-electron chi connectivity index (χ1n) is 6.17. The lowest BCUT2D eigenvalue weighted by atomic mass is 10.0. The predicted molar refractivity (Wildman–Crippen MR) is 73.4 cm³/mol. The van der Waals surface area contributed by atoms with Gasteiger partial charge in [0.1, 0.15) is 0 Å². The lowest BCUT2D eigenvalue weighted by molar-refractivity contribution is 0.0495. The number of primary amides is 1. The van der Waals surface area contributed by atoms with Crippen molar-refractivity contribution in [1.82, 2.24) is 0 Å². The van der Waals surface area contributed by atoms with E-state index in [-0.39, 0.29) is 5.56 Å². The summed E-state index contributed by atoms with van der Waals surface area (Å²) in [6, 6.07) is 3.03. The Hall–Kier alpha value is -1.46. The maximum Gasteiger partial charge on any atom is 0.252 e. The van der Waals surface area contributed by atoms with Crippen LogP contribution >= 0.6 is 11.6 Å². The fraction of sp³-hybridized carbons (Fsp3) is 0.462. The summed E-state index contributed by atoms with van der Waals surface area (Å²) in [5.74, 6) is 0.120. The van der Waals surface area contributed by atoms with E-state index in [1.165, 1.54) is 6.07 Å². The topological polar surface area (TPSA) is 87.6 Å². The highest BCUT2D eigenvalue weighted by atomic mass is 35.5. The Morgan fingerprint density at radius 2 is 2.11 bits per heavy atom. The number of nitrogens with two attached hydrogens (primary N) is 2. The number of anilines is 1. The monoisotopic (exact) mass is 284 g/mol. The van der Waals surface area contributed by atoms with Crippen LogP contribution in [0.15, 0.2) is 12.1 Å². The molecule has 1 saturated heterocycles. The van der Waals surface area contributed by atoms with E-state index in [1.54, 1.807) is 6.07 Å². The summed E-state index contributed by atoms with van der Waals surface area (Å²) < 4.78 is 11.0. The molecule has 1 aliphatic rings. The van der Waals surface area contributed by atoms with E-state index >= 15 is 0 Å². The minimum Gasteiger partial charge on any atom is -0.491 e. The minimum absolute atomic E-state index is 0.219. The number of rotatable bonds is 4. The molecule has 104 valence electrons. The molecular formula is C13H17ClN2O3. The van der Waals surface area contributed by atoms with Crippen LogP contribution < -0.4 is 16.2 Å². The van der Waals surface area contributed by atoms with E-state index in [9.17, 15) is 4.79 Å². The molecule has 19 heavy (non-hydrogen) atoms. The first-order valence-corrected chi connectivity index (χ1v) is 6.55. The third kappa shape index (κ3) is 3.52. The molecule has 1 aliphatic heterocycles. The van der Waals surface area contributed by atoms with Gasteiger partial charge < -0.3 is 20.9 Å². The van der Waals surface area contributed by atoms with Crippen molar-refractivity contribution in [2.24, 2.45) is 11.7 Å². The van der Waals surface area contributed by atoms with Crippen molar-refractivity contribution < 1.29 is 14.3 Å². The van der Waals surface area contributed by atoms with Gasteiger partial charge in [0.15, 0.2) is 5.75 Å². The second kappa shape index (κ2) is 6.12. The van der Waals surface area contributed by atoms with Crippen LogP contribution in [0.2, 0.25) is 5.02 Å². The summed E-state index contributed by atoms with van der Waals surface area (Å²) in [5, 5.41) is 0.306. The summed E-state index contributed by atoms with van der Waals surface area (Å²) >= 11 is 6.06. The smallest absolute Gasteiger partial charge is 0.252 e. The van der Waals surface area contributed by atoms with Gasteiger partial charge in [-0.3, -0.25) is 4.79 Å². The van der Waals surface area contributed by atoms with Crippen LogP contribution in [0.3, 0.4) is 0 Å². The second-order valence-electron chi connectivity index (χ2n) is 4.61. The molecule has 0 aliphatic carbocycles. The Bertz CT molecular complexity index is 473. The number of halogens is 1. The van der Waals surface area contributed by atoms with E-state index in [4.69, 9.17) is 32.5 Å². The SMILES string of the molecule is NC(=O)c1cc(N)cc(Cl)c1OCC1CCOCC1. The highest BCUT2D eigenvalue weighted by Gasteiger charge is 2.19. The van der Waals surface area contributed by atoms with Crippen LogP contribution in [0, 0.1) is 5.92 Å². The van der Waals surface area contributed by atoms with Crippen LogP contribution in [0.25, 0.3) is 0 Å². The highest BCUT2D eigenvalue weighted by molar-refractivity contribution is 6.33. The largest absolute Gasteiger partial charge is 0.491 e. The zero-order chi connectivity index (χ0) is 13.8. The normalized spacial score (nSPS) is 16.3. The van der Waals surface area contributed by atoms with E-state index in [1.807, 2.05) is 0 Å². The predicted octanol–water partition coefficient (Wildman–Crippen LogP) is 1.83. The van der Waals surface area contributed by atoms with E-state index in [2.05, 4.69) is 0 Å². The Balaban J connectivity index is 2.12. The number of ether oxygens (including phenoxy) is 2. The molecule has 5 nitrogen and oxygen atoms in total. The molecule has 1 aromatic carbocycles. The van der Waals surface area contributed by atoms with Gasteiger partial charge in [0.2, 0.25) is 0 Å². The summed E-state index contributed by atoms with van der Waals surface area (Å²) in [5.41, 5.74) is 11.6. The second-order valence-corrected chi connectivity index (χ2v) is 5.02. The van der Waals surface area contributed by atoms with Gasteiger partial charge in [0, 0.05) is 18.9 Å². The van der Waals surface area contributed by atoms with Crippen LogP contribution in [0.1, 0.15) is 23.2 Å². The maximum atomic E-state index is 11.4. The van der Waals surface area contributed by atoms with Gasteiger partial charge in [-0.05, 0) is 30.9 Å². The van der Waals surface area contributed by atoms with Gasteiger partial charge in [-0.2, -0.15) is 0 Å². The van der Waals surface area contributed by atoms with Crippen molar-refractivity contribution in [3.05, 3.63) is 22.7 Å². The third-order valence-electron chi connectivity index (χ3n) is 3.14. The molecule has 1 aromatic rings. The molecule has 0 aromatic heterocycles. The van der Waals surface area contributed by atoms with Crippen LogP contribution in [0.5, 0.6) is 5.75 Å². The van der Waals surface area contributed by atoms with Gasteiger partial charge in [0.05, 0.1) is 17.2 Å². The molecule has 2 rings (SSSR count). The minimum atomic E-state index is -0.601. The van der Waals surface area contributed by atoms with Crippen molar-refractivity contribution in [2.75, 3.05) is 25.6 Å². The molecule has 1 fully saturated rings. The fourth-order valence-electron chi connectivity index (χ4n) is 2.06.